The van der Waals surface area contributed by atoms with Gasteiger partial charge in [0.1, 0.15) is 23.9 Å². The molecule has 0 atom stereocenters. The van der Waals surface area contributed by atoms with Gasteiger partial charge in [-0.25, -0.2) is 14.0 Å². The van der Waals surface area contributed by atoms with Gasteiger partial charge in [0.05, 0.1) is 20.3 Å². The van der Waals surface area contributed by atoms with Gasteiger partial charge < -0.3 is 23.9 Å². The molecule has 186 valence electrons. The molecule has 2 aromatic carbocycles. The molecular weight excluding hydrogens is 471 g/mol. The molecule has 3 aromatic rings. The van der Waals surface area contributed by atoms with Crippen LogP contribution in [0.25, 0.3) is 6.08 Å². The van der Waals surface area contributed by atoms with E-state index in [9.17, 15) is 18.8 Å². The van der Waals surface area contributed by atoms with Crippen molar-refractivity contribution in [3.63, 3.8) is 0 Å². The zero-order chi connectivity index (χ0) is 25.7. The van der Waals surface area contributed by atoms with E-state index in [-0.39, 0.29) is 36.2 Å². The summed E-state index contributed by atoms with van der Waals surface area (Å²) in [5.41, 5.74) is 1.32. The summed E-state index contributed by atoms with van der Waals surface area (Å²) in [5, 5.41) is 2.54. The molecule has 2 heterocycles. The largest absolute Gasteiger partial charge is 0.490 e. The van der Waals surface area contributed by atoms with Gasteiger partial charge >= 0.3 is 12.0 Å². The lowest BCUT2D eigenvalue weighted by atomic mass is 10.1. The SMILES string of the molecule is CCOc1cc(/C=C2\NC(=O)N(Cc3ccc(C(=O)OC)o3)C2=O)ccc1OCc1cccc(F)c1. The van der Waals surface area contributed by atoms with Gasteiger partial charge in [0.2, 0.25) is 5.76 Å². The first-order valence-corrected chi connectivity index (χ1v) is 11.0. The number of carbonyl (C=O) groups is 3. The van der Waals surface area contributed by atoms with E-state index < -0.39 is 17.9 Å². The minimum Gasteiger partial charge on any atom is -0.490 e. The van der Waals surface area contributed by atoms with Gasteiger partial charge in [0.25, 0.3) is 5.91 Å². The van der Waals surface area contributed by atoms with E-state index in [4.69, 9.17) is 13.9 Å². The molecule has 1 aromatic heterocycles. The van der Waals surface area contributed by atoms with Crippen LogP contribution in [0.15, 0.2) is 64.7 Å². The molecule has 0 aliphatic carbocycles. The Balaban J connectivity index is 1.48. The van der Waals surface area contributed by atoms with Crippen molar-refractivity contribution in [2.24, 2.45) is 0 Å². The summed E-state index contributed by atoms with van der Waals surface area (Å²) in [6.45, 7) is 2.18. The van der Waals surface area contributed by atoms with E-state index in [1.807, 2.05) is 6.92 Å². The average Bonchev–Trinajstić information content (AvgIpc) is 3.44. The Hall–Kier alpha value is -4.60. The smallest absolute Gasteiger partial charge is 0.373 e. The number of amides is 3. The van der Waals surface area contributed by atoms with Gasteiger partial charge in [-0.1, -0.05) is 18.2 Å². The van der Waals surface area contributed by atoms with Crippen LogP contribution in [0, 0.1) is 5.82 Å². The predicted molar refractivity (Wildman–Crippen MR) is 125 cm³/mol. The van der Waals surface area contributed by atoms with Crippen LogP contribution in [0.3, 0.4) is 0 Å². The van der Waals surface area contributed by atoms with Crippen LogP contribution in [-0.2, 0) is 22.7 Å². The van der Waals surface area contributed by atoms with Gasteiger partial charge in [-0.05, 0) is 60.5 Å². The third-order valence-corrected chi connectivity index (χ3v) is 5.19. The van der Waals surface area contributed by atoms with Crippen LogP contribution in [0.2, 0.25) is 0 Å². The highest BCUT2D eigenvalue weighted by Crippen LogP contribution is 2.30. The molecule has 36 heavy (non-hydrogen) atoms. The molecule has 1 aliphatic rings. The lowest BCUT2D eigenvalue weighted by Crippen LogP contribution is -2.30. The Kier molecular flexibility index (Phi) is 7.33. The predicted octanol–water partition coefficient (Wildman–Crippen LogP) is 4.28. The van der Waals surface area contributed by atoms with Gasteiger partial charge in [-0.15, -0.1) is 0 Å². The molecular formula is C26H23FN2O7. The van der Waals surface area contributed by atoms with Gasteiger partial charge in [-0.2, -0.15) is 0 Å². The monoisotopic (exact) mass is 494 g/mol. The summed E-state index contributed by atoms with van der Waals surface area (Å²) in [6, 6.07) is 13.4. The molecule has 0 radical (unpaired) electrons. The molecule has 3 amide bonds. The number of nitrogens with one attached hydrogen (secondary N) is 1. The van der Waals surface area contributed by atoms with E-state index in [1.54, 1.807) is 30.3 Å². The number of hydrogen-bond donors (Lipinski definition) is 1. The maximum Gasteiger partial charge on any atom is 0.373 e. The highest BCUT2D eigenvalue weighted by molar-refractivity contribution is 6.13. The number of carbonyl (C=O) groups excluding carboxylic acids is 3. The number of rotatable bonds is 9. The Morgan fingerprint density at radius 1 is 1.08 bits per heavy atom. The number of methoxy groups -OCH3 is 1. The highest BCUT2D eigenvalue weighted by Gasteiger charge is 2.34. The maximum absolute atomic E-state index is 13.4. The van der Waals surface area contributed by atoms with Crippen molar-refractivity contribution in [1.82, 2.24) is 10.2 Å². The van der Waals surface area contributed by atoms with Crippen LogP contribution >= 0.6 is 0 Å². The summed E-state index contributed by atoms with van der Waals surface area (Å²) in [5.74, 6) is -0.463. The molecule has 4 rings (SSSR count). The van der Waals surface area contributed by atoms with E-state index in [1.165, 1.54) is 37.5 Å². The van der Waals surface area contributed by atoms with Crippen LogP contribution in [0.5, 0.6) is 11.5 Å². The van der Waals surface area contributed by atoms with Crippen molar-refractivity contribution in [2.45, 2.75) is 20.1 Å². The number of imide groups is 1. The third kappa shape index (κ3) is 5.54. The van der Waals surface area contributed by atoms with Crippen molar-refractivity contribution in [3.05, 3.63) is 88.8 Å². The van der Waals surface area contributed by atoms with E-state index in [0.717, 1.165) is 4.90 Å². The molecule has 1 saturated heterocycles. The van der Waals surface area contributed by atoms with Crippen molar-refractivity contribution >= 4 is 24.0 Å². The summed E-state index contributed by atoms with van der Waals surface area (Å²) in [6.07, 6.45) is 1.51. The number of halogens is 1. The lowest BCUT2D eigenvalue weighted by Gasteiger charge is -2.13. The Labute approximate surface area is 206 Å². The highest BCUT2D eigenvalue weighted by atomic mass is 19.1. The lowest BCUT2D eigenvalue weighted by molar-refractivity contribution is -0.123. The number of esters is 1. The fourth-order valence-corrected chi connectivity index (χ4v) is 3.50. The molecule has 10 heteroatoms. The van der Waals surface area contributed by atoms with Crippen molar-refractivity contribution in [2.75, 3.05) is 13.7 Å². The van der Waals surface area contributed by atoms with E-state index in [2.05, 4.69) is 10.1 Å². The zero-order valence-corrected chi connectivity index (χ0v) is 19.6. The molecule has 1 fully saturated rings. The topological polar surface area (TPSA) is 107 Å². The normalized spacial score (nSPS) is 14.2. The minimum atomic E-state index is -0.660. The Morgan fingerprint density at radius 3 is 2.67 bits per heavy atom. The second-order valence-corrected chi connectivity index (χ2v) is 7.69. The van der Waals surface area contributed by atoms with Crippen molar-refractivity contribution in [3.8, 4) is 11.5 Å². The summed E-state index contributed by atoms with van der Waals surface area (Å²) >= 11 is 0. The van der Waals surface area contributed by atoms with E-state index >= 15 is 0 Å². The molecule has 0 saturated carbocycles. The van der Waals surface area contributed by atoms with Crippen LogP contribution in [-0.4, -0.2) is 36.5 Å². The molecule has 0 spiro atoms. The first-order valence-electron chi connectivity index (χ1n) is 11.0. The summed E-state index contributed by atoms with van der Waals surface area (Å²) < 4.78 is 34.8. The number of hydrogen-bond acceptors (Lipinski definition) is 7. The van der Waals surface area contributed by atoms with Gasteiger partial charge in [-0.3, -0.25) is 9.69 Å². The Bertz CT molecular complexity index is 1330. The quantitative estimate of drug-likeness (QED) is 0.269. The van der Waals surface area contributed by atoms with Crippen molar-refractivity contribution < 1.29 is 37.4 Å². The molecule has 1 N–H and O–H groups in total. The fraction of sp³-hybridized carbons (Fsp3) is 0.192. The summed E-state index contributed by atoms with van der Waals surface area (Å²) in [7, 11) is 1.22. The standard InChI is InChI=1S/C26H23FN2O7/c1-3-34-23-13-16(7-9-21(23)35-15-17-5-4-6-18(27)11-17)12-20-24(30)29(26(32)28-20)14-19-8-10-22(36-19)25(31)33-2/h4-13H,3,14-15H2,1-2H3,(H,28,32)/b20-12-. The van der Waals surface area contributed by atoms with Gasteiger partial charge in [0.15, 0.2) is 11.5 Å². The third-order valence-electron chi connectivity index (χ3n) is 5.19. The molecule has 1 aliphatic heterocycles. The number of ether oxygens (including phenoxy) is 3. The number of urea groups is 1. The zero-order valence-electron chi connectivity index (χ0n) is 19.6. The summed E-state index contributed by atoms with van der Waals surface area (Å²) in [4.78, 5) is 37.8. The van der Waals surface area contributed by atoms with Crippen LogP contribution in [0.1, 0.15) is 34.4 Å². The van der Waals surface area contributed by atoms with Crippen LogP contribution in [0.4, 0.5) is 9.18 Å². The first kappa shape index (κ1) is 24.5. The molecule has 0 bridgehead atoms. The second-order valence-electron chi connectivity index (χ2n) is 7.69. The number of furan rings is 1. The molecule has 9 nitrogen and oxygen atoms in total. The first-order chi connectivity index (χ1) is 17.4. The molecule has 0 unspecified atom stereocenters. The van der Waals surface area contributed by atoms with E-state index in [0.29, 0.717) is 29.2 Å². The maximum atomic E-state index is 13.4. The van der Waals surface area contributed by atoms with Crippen molar-refractivity contribution in [1.29, 1.82) is 0 Å². The number of benzene rings is 2. The van der Waals surface area contributed by atoms with Gasteiger partial charge in [0, 0.05) is 0 Å². The average molecular weight is 494 g/mol. The number of nitrogens with zero attached hydrogens (tertiary/aromatic N) is 1. The minimum absolute atomic E-state index is 0.0292. The fourth-order valence-electron chi connectivity index (χ4n) is 3.50. The van der Waals surface area contributed by atoms with Crippen LogP contribution < -0.4 is 14.8 Å². The second kappa shape index (κ2) is 10.8. The Morgan fingerprint density at radius 2 is 1.92 bits per heavy atom.